The van der Waals surface area contributed by atoms with Crippen LogP contribution in [0.15, 0.2) is 5.10 Å². The Morgan fingerprint density at radius 3 is 2.67 bits per heavy atom. The van der Waals surface area contributed by atoms with Gasteiger partial charge in [0.1, 0.15) is 6.54 Å². The summed E-state index contributed by atoms with van der Waals surface area (Å²) in [5, 5.41) is 13.4. The normalized spacial score (nSPS) is 17.1. The molecule has 0 fully saturated rings. The maximum Gasteiger partial charge on any atom is 0.325 e. The molecule has 0 unspecified atom stereocenters. The highest BCUT2D eigenvalue weighted by Crippen LogP contribution is 2.20. The van der Waals surface area contributed by atoms with Gasteiger partial charge in [-0.2, -0.15) is 0 Å². The molecule has 0 saturated heterocycles. The van der Waals surface area contributed by atoms with E-state index in [4.69, 9.17) is 9.84 Å². The van der Waals surface area contributed by atoms with E-state index in [1.807, 2.05) is 20.8 Å². The second kappa shape index (κ2) is 3.88. The monoisotopic (exact) mass is 214 g/mol. The van der Waals surface area contributed by atoms with Gasteiger partial charge in [-0.25, -0.2) is 5.01 Å². The van der Waals surface area contributed by atoms with Crippen LogP contribution in [0.1, 0.15) is 20.8 Å². The number of aliphatic carboxylic acids is 1. The molecule has 1 heterocycles. The smallest absolute Gasteiger partial charge is 0.325 e. The number of hydrogen-bond acceptors (Lipinski definition) is 4. The highest BCUT2D eigenvalue weighted by molar-refractivity contribution is 5.91. The van der Waals surface area contributed by atoms with Crippen molar-refractivity contribution in [1.29, 1.82) is 0 Å². The summed E-state index contributed by atoms with van der Waals surface area (Å²) in [6.07, 6.45) is 0. The molecule has 1 rings (SSSR count). The summed E-state index contributed by atoms with van der Waals surface area (Å²) in [6.45, 7) is 5.05. The molecule has 0 aromatic rings. The Bertz CT molecular complexity index is 317. The predicted octanol–water partition coefficient (Wildman–Crippen LogP) is 0.289. The van der Waals surface area contributed by atoms with Gasteiger partial charge in [0.05, 0.1) is 0 Å². The molecule has 0 atom stereocenters. The van der Waals surface area contributed by atoms with Crippen LogP contribution < -0.4 is 0 Å². The molecule has 1 amide bonds. The first-order chi connectivity index (χ1) is 6.80. The van der Waals surface area contributed by atoms with Crippen LogP contribution in [-0.2, 0) is 14.3 Å². The van der Waals surface area contributed by atoms with E-state index in [0.717, 1.165) is 5.01 Å². The molecule has 0 aromatic carbocycles. The van der Waals surface area contributed by atoms with Crippen molar-refractivity contribution in [3.63, 3.8) is 0 Å². The summed E-state index contributed by atoms with van der Waals surface area (Å²) in [5.74, 6) is -1.16. The lowest BCUT2D eigenvalue weighted by Crippen LogP contribution is -2.42. The van der Waals surface area contributed by atoms with Crippen molar-refractivity contribution in [2.75, 3.05) is 13.2 Å². The molecule has 0 saturated carbocycles. The fraction of sp³-hybridized carbons (Fsp3) is 0.667. The summed E-state index contributed by atoms with van der Waals surface area (Å²) in [5.41, 5.74) is -0.336. The molecule has 0 aromatic heterocycles. The number of nitrogens with zero attached hydrogens (tertiary/aromatic N) is 2. The van der Waals surface area contributed by atoms with E-state index in [2.05, 4.69) is 5.10 Å². The van der Waals surface area contributed by atoms with Crippen molar-refractivity contribution in [3.05, 3.63) is 0 Å². The Hall–Kier alpha value is -1.59. The second-order valence-electron chi connectivity index (χ2n) is 4.29. The molecular formula is C9H14N2O4. The number of hydrogen-bond donors (Lipinski definition) is 1. The van der Waals surface area contributed by atoms with E-state index in [-0.39, 0.29) is 12.0 Å². The topological polar surface area (TPSA) is 79.2 Å². The zero-order valence-electron chi connectivity index (χ0n) is 8.98. The van der Waals surface area contributed by atoms with E-state index >= 15 is 0 Å². The van der Waals surface area contributed by atoms with Gasteiger partial charge >= 0.3 is 5.97 Å². The molecule has 0 aliphatic carbocycles. The summed E-state index contributed by atoms with van der Waals surface area (Å²) in [7, 11) is 0. The number of ether oxygens (including phenoxy) is 1. The van der Waals surface area contributed by atoms with Gasteiger partial charge in [-0.15, -0.1) is 5.10 Å². The van der Waals surface area contributed by atoms with E-state index < -0.39 is 18.4 Å². The third kappa shape index (κ3) is 2.93. The number of rotatable bonds is 2. The van der Waals surface area contributed by atoms with E-state index in [1.165, 1.54) is 0 Å². The Morgan fingerprint density at radius 1 is 1.60 bits per heavy atom. The minimum atomic E-state index is -1.10. The van der Waals surface area contributed by atoms with Crippen LogP contribution >= 0.6 is 0 Å². The van der Waals surface area contributed by atoms with Crippen molar-refractivity contribution >= 4 is 17.8 Å². The quantitative estimate of drug-likeness (QED) is 0.716. The maximum atomic E-state index is 11.2. The Labute approximate surface area is 87.5 Å². The van der Waals surface area contributed by atoms with Crippen LogP contribution in [-0.4, -0.2) is 41.0 Å². The summed E-state index contributed by atoms with van der Waals surface area (Å²) in [4.78, 5) is 21.7. The fourth-order valence-electron chi connectivity index (χ4n) is 1.02. The van der Waals surface area contributed by atoms with Gasteiger partial charge in [0.2, 0.25) is 5.90 Å². The van der Waals surface area contributed by atoms with Crippen LogP contribution in [0.3, 0.4) is 0 Å². The van der Waals surface area contributed by atoms with Gasteiger partial charge < -0.3 is 9.84 Å². The molecule has 1 aliphatic rings. The third-order valence-electron chi connectivity index (χ3n) is 1.76. The molecular weight excluding hydrogens is 200 g/mol. The highest BCUT2D eigenvalue weighted by atomic mass is 16.5. The van der Waals surface area contributed by atoms with Gasteiger partial charge in [0, 0.05) is 5.41 Å². The largest absolute Gasteiger partial charge is 0.480 e. The summed E-state index contributed by atoms with van der Waals surface area (Å²) < 4.78 is 5.13. The standard InChI is InChI=1S/C9H14N2O4/c1-9(2,3)8-10-11(4-7(13)14)6(12)5-15-8/h4-5H2,1-3H3,(H,13,14). The van der Waals surface area contributed by atoms with Gasteiger partial charge in [-0.3, -0.25) is 9.59 Å². The molecule has 0 bridgehead atoms. The molecule has 0 radical (unpaired) electrons. The van der Waals surface area contributed by atoms with Crippen LogP contribution in [0.2, 0.25) is 0 Å². The maximum absolute atomic E-state index is 11.2. The minimum Gasteiger partial charge on any atom is -0.480 e. The predicted molar refractivity (Wildman–Crippen MR) is 52.2 cm³/mol. The van der Waals surface area contributed by atoms with E-state index in [0.29, 0.717) is 5.90 Å². The fourth-order valence-corrected chi connectivity index (χ4v) is 1.02. The SMILES string of the molecule is CC(C)(C)C1=NN(CC(=O)O)C(=O)CO1. The molecule has 6 heteroatoms. The van der Waals surface area contributed by atoms with E-state index in [1.54, 1.807) is 0 Å². The molecule has 0 spiro atoms. The van der Waals surface area contributed by atoms with Gasteiger partial charge in [0.15, 0.2) is 6.61 Å². The van der Waals surface area contributed by atoms with Crippen molar-refractivity contribution in [2.45, 2.75) is 20.8 Å². The summed E-state index contributed by atoms with van der Waals surface area (Å²) in [6, 6.07) is 0. The van der Waals surface area contributed by atoms with Crippen LogP contribution in [0.25, 0.3) is 0 Å². The third-order valence-corrected chi connectivity index (χ3v) is 1.76. The van der Waals surface area contributed by atoms with Crippen LogP contribution in [0, 0.1) is 5.41 Å². The lowest BCUT2D eigenvalue weighted by Gasteiger charge is -2.28. The van der Waals surface area contributed by atoms with Gasteiger partial charge in [-0.05, 0) is 0 Å². The second-order valence-corrected chi connectivity index (χ2v) is 4.29. The number of carboxylic acids is 1. The molecule has 1 aliphatic heterocycles. The first kappa shape index (κ1) is 11.5. The summed E-state index contributed by atoms with van der Waals surface area (Å²) >= 11 is 0. The molecule has 6 nitrogen and oxygen atoms in total. The number of carbonyl (C=O) groups excluding carboxylic acids is 1. The Morgan fingerprint density at radius 2 is 2.20 bits per heavy atom. The first-order valence-electron chi connectivity index (χ1n) is 4.55. The van der Waals surface area contributed by atoms with Crippen LogP contribution in [0.5, 0.6) is 0 Å². The van der Waals surface area contributed by atoms with Crippen molar-refractivity contribution in [3.8, 4) is 0 Å². The zero-order valence-corrected chi connectivity index (χ0v) is 8.98. The number of hydrazone groups is 1. The van der Waals surface area contributed by atoms with Crippen molar-refractivity contribution in [1.82, 2.24) is 5.01 Å². The average molecular weight is 214 g/mol. The molecule has 15 heavy (non-hydrogen) atoms. The van der Waals surface area contributed by atoms with Gasteiger partial charge in [-0.1, -0.05) is 20.8 Å². The minimum absolute atomic E-state index is 0.149. The first-order valence-corrected chi connectivity index (χ1v) is 4.55. The zero-order chi connectivity index (χ0) is 11.6. The Kier molecular flexibility index (Phi) is 2.97. The lowest BCUT2D eigenvalue weighted by atomic mass is 9.96. The average Bonchev–Trinajstić information content (AvgIpc) is 2.06. The molecule has 84 valence electrons. The van der Waals surface area contributed by atoms with E-state index in [9.17, 15) is 9.59 Å². The van der Waals surface area contributed by atoms with Crippen molar-refractivity contribution < 1.29 is 19.4 Å². The number of amides is 1. The van der Waals surface area contributed by atoms with Crippen molar-refractivity contribution in [2.24, 2.45) is 10.5 Å². The number of carbonyl (C=O) groups is 2. The highest BCUT2D eigenvalue weighted by Gasteiger charge is 2.30. The number of carboxylic acid groups (broad SMARTS) is 1. The molecule has 1 N–H and O–H groups in total. The van der Waals surface area contributed by atoms with Gasteiger partial charge in [0.25, 0.3) is 5.91 Å². The Balaban J connectivity index is 2.85. The lowest BCUT2D eigenvalue weighted by molar-refractivity contribution is -0.146. The van der Waals surface area contributed by atoms with Crippen LogP contribution in [0.4, 0.5) is 0 Å².